The lowest BCUT2D eigenvalue weighted by Gasteiger charge is -2.29. The van der Waals surface area contributed by atoms with Gasteiger partial charge in [-0.05, 0) is 31.5 Å². The number of thiazole rings is 1. The number of guanidine groups is 1. The lowest BCUT2D eigenvalue weighted by molar-refractivity contribution is 0.122. The average Bonchev–Trinajstić information content (AvgIpc) is 3.10. The average molecular weight is 392 g/mol. The molecule has 0 unspecified atom stereocenters. The van der Waals surface area contributed by atoms with Crippen LogP contribution in [0.2, 0.25) is 0 Å². The minimum atomic E-state index is -0.208. The Labute approximate surface area is 163 Å². The van der Waals surface area contributed by atoms with Crippen LogP contribution >= 0.6 is 11.3 Å². The summed E-state index contributed by atoms with van der Waals surface area (Å²) in [6, 6.07) is 5.34. The van der Waals surface area contributed by atoms with Crippen LogP contribution in [0.5, 0.6) is 0 Å². The van der Waals surface area contributed by atoms with Crippen molar-refractivity contribution in [1.82, 2.24) is 15.6 Å². The molecular formula is C19H26FN5OS. The first-order valence-corrected chi connectivity index (χ1v) is 10.0. The zero-order valence-corrected chi connectivity index (χ0v) is 16.6. The van der Waals surface area contributed by atoms with Crippen molar-refractivity contribution < 1.29 is 9.13 Å². The third kappa shape index (κ3) is 5.64. The number of halogens is 1. The molecule has 27 heavy (non-hydrogen) atoms. The van der Waals surface area contributed by atoms with Gasteiger partial charge in [0.1, 0.15) is 10.8 Å². The van der Waals surface area contributed by atoms with Gasteiger partial charge in [-0.25, -0.2) is 14.4 Å². The van der Waals surface area contributed by atoms with E-state index in [1.165, 1.54) is 4.88 Å². The van der Waals surface area contributed by atoms with E-state index in [9.17, 15) is 4.39 Å². The molecule has 6 nitrogen and oxygen atoms in total. The molecule has 146 valence electrons. The van der Waals surface area contributed by atoms with Crippen molar-refractivity contribution in [3.05, 3.63) is 45.7 Å². The number of benzene rings is 1. The van der Waals surface area contributed by atoms with Gasteiger partial charge in [0, 0.05) is 30.7 Å². The third-order valence-electron chi connectivity index (χ3n) is 4.20. The molecule has 0 aliphatic carbocycles. The van der Waals surface area contributed by atoms with Gasteiger partial charge in [-0.1, -0.05) is 6.07 Å². The van der Waals surface area contributed by atoms with E-state index in [4.69, 9.17) is 4.74 Å². The van der Waals surface area contributed by atoms with Gasteiger partial charge in [0.15, 0.2) is 5.96 Å². The number of aliphatic imine (C=N–C) groups is 1. The standard InChI is InChI=1S/C19H26FN5OS/c1-3-21-19(24-13-18-22-11-14(2)27-18)23-12-15-4-5-17(16(20)10-15)25-6-8-26-9-7-25/h4-5,10-11H,3,6-9,12-13H2,1-2H3,(H2,21,23,24). The summed E-state index contributed by atoms with van der Waals surface area (Å²) in [4.78, 5) is 12.1. The summed E-state index contributed by atoms with van der Waals surface area (Å²) in [6.07, 6.45) is 1.87. The Morgan fingerprint density at radius 1 is 1.33 bits per heavy atom. The fraction of sp³-hybridized carbons (Fsp3) is 0.474. The Balaban J connectivity index is 1.61. The summed E-state index contributed by atoms with van der Waals surface area (Å²) in [5.74, 6) is 0.490. The molecule has 2 aromatic rings. The molecule has 1 fully saturated rings. The van der Waals surface area contributed by atoms with Crippen LogP contribution in [-0.4, -0.2) is 43.8 Å². The summed E-state index contributed by atoms with van der Waals surface area (Å²) >= 11 is 1.66. The predicted octanol–water partition coefficient (Wildman–Crippen LogP) is 2.68. The van der Waals surface area contributed by atoms with Crippen LogP contribution in [0, 0.1) is 12.7 Å². The molecule has 1 aliphatic heterocycles. The number of hydrogen-bond acceptors (Lipinski definition) is 5. The summed E-state index contributed by atoms with van der Waals surface area (Å²) in [5, 5.41) is 7.49. The number of ether oxygens (including phenoxy) is 1. The van der Waals surface area contributed by atoms with Gasteiger partial charge in [0.05, 0.1) is 32.0 Å². The molecule has 0 bridgehead atoms. The molecule has 1 aliphatic rings. The van der Waals surface area contributed by atoms with Gasteiger partial charge < -0.3 is 20.3 Å². The number of nitrogens with one attached hydrogen (secondary N) is 2. The van der Waals surface area contributed by atoms with Crippen molar-refractivity contribution in [2.45, 2.75) is 26.9 Å². The highest BCUT2D eigenvalue weighted by molar-refractivity contribution is 7.11. The number of nitrogens with zero attached hydrogens (tertiary/aromatic N) is 3. The molecule has 0 atom stereocenters. The molecular weight excluding hydrogens is 365 g/mol. The monoisotopic (exact) mass is 391 g/mol. The SMILES string of the molecule is CCNC(=NCc1ccc(N2CCOCC2)c(F)c1)NCc1ncc(C)s1. The number of anilines is 1. The van der Waals surface area contributed by atoms with E-state index in [0.717, 1.165) is 30.2 Å². The molecule has 0 radical (unpaired) electrons. The lowest BCUT2D eigenvalue weighted by Crippen LogP contribution is -2.37. The Morgan fingerprint density at radius 3 is 2.81 bits per heavy atom. The number of morpholine rings is 1. The minimum Gasteiger partial charge on any atom is -0.378 e. The number of hydrogen-bond donors (Lipinski definition) is 2. The zero-order valence-electron chi connectivity index (χ0n) is 15.8. The molecule has 8 heteroatoms. The smallest absolute Gasteiger partial charge is 0.191 e. The van der Waals surface area contributed by atoms with Crippen molar-refractivity contribution in [2.24, 2.45) is 4.99 Å². The highest BCUT2D eigenvalue weighted by Gasteiger charge is 2.15. The highest BCUT2D eigenvalue weighted by atomic mass is 32.1. The van der Waals surface area contributed by atoms with Crippen LogP contribution in [-0.2, 0) is 17.8 Å². The second kappa shape index (κ2) is 9.66. The molecule has 1 saturated heterocycles. The van der Waals surface area contributed by atoms with Gasteiger partial charge in [0.25, 0.3) is 0 Å². The van der Waals surface area contributed by atoms with E-state index in [0.29, 0.717) is 38.0 Å². The van der Waals surface area contributed by atoms with Gasteiger partial charge in [-0.2, -0.15) is 0 Å². The van der Waals surface area contributed by atoms with Gasteiger partial charge >= 0.3 is 0 Å². The van der Waals surface area contributed by atoms with Crippen molar-refractivity contribution in [3.8, 4) is 0 Å². The summed E-state index contributed by atoms with van der Waals surface area (Å²) in [5.41, 5.74) is 1.47. The predicted molar refractivity (Wildman–Crippen MR) is 108 cm³/mol. The maximum Gasteiger partial charge on any atom is 0.191 e. The number of aryl methyl sites for hydroxylation is 1. The maximum absolute atomic E-state index is 14.5. The largest absolute Gasteiger partial charge is 0.378 e. The van der Waals surface area contributed by atoms with Crippen LogP contribution < -0.4 is 15.5 Å². The molecule has 0 amide bonds. The quantitative estimate of drug-likeness (QED) is 0.586. The molecule has 0 spiro atoms. The number of rotatable bonds is 6. The normalized spacial score (nSPS) is 15.1. The summed E-state index contributed by atoms with van der Waals surface area (Å²) in [7, 11) is 0. The maximum atomic E-state index is 14.5. The van der Waals surface area contributed by atoms with E-state index in [1.807, 2.05) is 37.1 Å². The second-order valence-electron chi connectivity index (χ2n) is 6.30. The van der Waals surface area contributed by atoms with Crippen molar-refractivity contribution in [1.29, 1.82) is 0 Å². The van der Waals surface area contributed by atoms with Crippen molar-refractivity contribution in [2.75, 3.05) is 37.7 Å². The van der Waals surface area contributed by atoms with E-state index in [-0.39, 0.29) is 5.82 Å². The Kier molecular flexibility index (Phi) is 7.00. The van der Waals surface area contributed by atoms with Crippen LogP contribution in [0.4, 0.5) is 10.1 Å². The van der Waals surface area contributed by atoms with E-state index in [1.54, 1.807) is 17.4 Å². The van der Waals surface area contributed by atoms with Gasteiger partial charge in [0.2, 0.25) is 0 Å². The first kappa shape index (κ1) is 19.6. The first-order chi connectivity index (χ1) is 13.2. The van der Waals surface area contributed by atoms with Crippen molar-refractivity contribution in [3.63, 3.8) is 0 Å². The van der Waals surface area contributed by atoms with E-state index < -0.39 is 0 Å². The van der Waals surface area contributed by atoms with Crippen LogP contribution in [0.15, 0.2) is 29.4 Å². The Hall–Kier alpha value is -2.19. The van der Waals surface area contributed by atoms with Crippen LogP contribution in [0.1, 0.15) is 22.4 Å². The highest BCUT2D eigenvalue weighted by Crippen LogP contribution is 2.22. The van der Waals surface area contributed by atoms with Crippen LogP contribution in [0.25, 0.3) is 0 Å². The first-order valence-electron chi connectivity index (χ1n) is 9.20. The molecule has 2 N–H and O–H groups in total. The fourth-order valence-corrected chi connectivity index (χ4v) is 3.59. The molecule has 2 heterocycles. The number of aromatic nitrogens is 1. The van der Waals surface area contributed by atoms with E-state index in [2.05, 4.69) is 20.6 Å². The second-order valence-corrected chi connectivity index (χ2v) is 7.62. The Bertz CT molecular complexity index is 773. The van der Waals surface area contributed by atoms with Crippen molar-refractivity contribution >= 4 is 23.0 Å². The topological polar surface area (TPSA) is 61.8 Å². The van der Waals surface area contributed by atoms with E-state index >= 15 is 0 Å². The molecule has 3 rings (SSSR count). The van der Waals surface area contributed by atoms with Crippen LogP contribution in [0.3, 0.4) is 0 Å². The van der Waals surface area contributed by atoms with Gasteiger partial charge in [-0.15, -0.1) is 11.3 Å². The lowest BCUT2D eigenvalue weighted by atomic mass is 10.1. The summed E-state index contributed by atoms with van der Waals surface area (Å²) in [6.45, 7) is 8.56. The third-order valence-corrected chi connectivity index (χ3v) is 5.12. The molecule has 1 aromatic heterocycles. The fourth-order valence-electron chi connectivity index (χ4n) is 2.86. The van der Waals surface area contributed by atoms with Gasteiger partial charge in [-0.3, -0.25) is 0 Å². The Morgan fingerprint density at radius 2 is 2.15 bits per heavy atom. The minimum absolute atomic E-state index is 0.208. The molecule has 1 aromatic carbocycles. The summed E-state index contributed by atoms with van der Waals surface area (Å²) < 4.78 is 19.8. The molecule has 0 saturated carbocycles. The zero-order chi connectivity index (χ0) is 19.1.